The molecular weight excluding hydrogens is 186 g/mol. The summed E-state index contributed by atoms with van der Waals surface area (Å²) < 4.78 is 15.3. The van der Waals surface area contributed by atoms with Crippen LogP contribution in [0.25, 0.3) is 0 Å². The van der Waals surface area contributed by atoms with Crippen LogP contribution >= 0.6 is 0 Å². The second kappa shape index (κ2) is 10.3. The van der Waals surface area contributed by atoms with Gasteiger partial charge in [-0.25, -0.2) is 4.79 Å². The Balaban J connectivity index is 2.95. The van der Waals surface area contributed by atoms with Crippen molar-refractivity contribution in [3.8, 4) is 0 Å². The van der Waals surface area contributed by atoms with Crippen LogP contribution in [0.4, 0.5) is 0 Å². The van der Waals surface area contributed by atoms with Gasteiger partial charge < -0.3 is 14.2 Å². The number of carbonyl (C=O) groups excluding carboxylic acids is 1. The van der Waals surface area contributed by atoms with E-state index in [2.05, 4.69) is 4.99 Å². The van der Waals surface area contributed by atoms with E-state index < -0.39 is 0 Å². The molecule has 0 unspecified atom stereocenters. The molecule has 0 bridgehead atoms. The van der Waals surface area contributed by atoms with Crippen molar-refractivity contribution in [2.24, 2.45) is 4.99 Å². The highest BCUT2D eigenvalue weighted by molar-refractivity contribution is 5.32. The van der Waals surface area contributed by atoms with Gasteiger partial charge in [0.2, 0.25) is 6.08 Å². The van der Waals surface area contributed by atoms with E-state index in [0.29, 0.717) is 26.4 Å². The fourth-order valence-corrected chi connectivity index (χ4v) is 0.699. The van der Waals surface area contributed by atoms with E-state index in [1.54, 1.807) is 0 Å². The summed E-state index contributed by atoms with van der Waals surface area (Å²) in [7, 11) is 0. The molecule has 5 heteroatoms. The molecule has 14 heavy (non-hydrogen) atoms. The Kier molecular flexibility index (Phi) is 9.79. The predicted octanol–water partition coefficient (Wildman–Crippen LogP) is 0.738. The zero-order chi connectivity index (χ0) is 10.6. The number of hydrogen-bond donors (Lipinski definition) is 0. The van der Waals surface area contributed by atoms with Crippen LogP contribution in [0, 0.1) is 0 Å². The molecule has 5 nitrogen and oxygen atoms in total. The summed E-state index contributed by atoms with van der Waals surface area (Å²) in [6, 6.07) is 0. The van der Waals surface area contributed by atoms with Crippen LogP contribution < -0.4 is 0 Å². The standard InChI is InChI=1S/C9H17NO4/c1-9(2)14-6-5-12-3-4-13-8-10-7-11/h9H,3-6,8H2,1-2H3. The highest BCUT2D eigenvalue weighted by Crippen LogP contribution is 1.87. The fourth-order valence-electron chi connectivity index (χ4n) is 0.699. The molecular formula is C9H17NO4. The second-order valence-corrected chi connectivity index (χ2v) is 2.82. The first-order valence-corrected chi connectivity index (χ1v) is 4.58. The van der Waals surface area contributed by atoms with Gasteiger partial charge in [0.1, 0.15) is 6.73 Å². The molecule has 0 spiro atoms. The predicted molar refractivity (Wildman–Crippen MR) is 50.8 cm³/mol. The van der Waals surface area contributed by atoms with Crippen molar-refractivity contribution in [2.45, 2.75) is 20.0 Å². The molecule has 0 aliphatic rings. The Morgan fingerprint density at radius 3 is 2.43 bits per heavy atom. The van der Waals surface area contributed by atoms with Gasteiger partial charge in [0.25, 0.3) is 0 Å². The van der Waals surface area contributed by atoms with Crippen molar-refractivity contribution in [1.29, 1.82) is 0 Å². The van der Waals surface area contributed by atoms with Crippen LogP contribution in [0.3, 0.4) is 0 Å². The zero-order valence-electron chi connectivity index (χ0n) is 8.69. The minimum Gasteiger partial charge on any atom is -0.377 e. The summed E-state index contributed by atoms with van der Waals surface area (Å²) in [4.78, 5) is 12.8. The maximum Gasteiger partial charge on any atom is 0.237 e. The van der Waals surface area contributed by atoms with Crippen molar-refractivity contribution in [3.05, 3.63) is 0 Å². The van der Waals surface area contributed by atoms with Gasteiger partial charge in [0.05, 0.1) is 32.5 Å². The van der Waals surface area contributed by atoms with E-state index in [-0.39, 0.29) is 12.8 Å². The van der Waals surface area contributed by atoms with Crippen LogP contribution in [0.5, 0.6) is 0 Å². The summed E-state index contributed by atoms with van der Waals surface area (Å²) in [6.45, 7) is 6.04. The van der Waals surface area contributed by atoms with Crippen LogP contribution in [0.15, 0.2) is 4.99 Å². The van der Waals surface area contributed by atoms with Crippen molar-refractivity contribution in [3.63, 3.8) is 0 Å². The molecule has 0 rings (SSSR count). The van der Waals surface area contributed by atoms with Gasteiger partial charge in [-0.2, -0.15) is 4.99 Å². The number of isocyanates is 1. The molecule has 0 amide bonds. The Bertz CT molecular complexity index is 166. The molecule has 0 saturated carbocycles. The minimum atomic E-state index is 0.0509. The molecule has 0 saturated heterocycles. The maximum atomic E-state index is 9.62. The summed E-state index contributed by atoms with van der Waals surface area (Å²) in [6.07, 6.45) is 1.61. The van der Waals surface area contributed by atoms with Crippen LogP contribution in [0.2, 0.25) is 0 Å². The third kappa shape index (κ3) is 11.3. The molecule has 0 aromatic carbocycles. The van der Waals surface area contributed by atoms with Gasteiger partial charge in [-0.3, -0.25) is 0 Å². The van der Waals surface area contributed by atoms with Crippen molar-refractivity contribution >= 4 is 6.08 Å². The number of hydrogen-bond acceptors (Lipinski definition) is 5. The number of rotatable bonds is 9. The normalized spacial score (nSPS) is 10.2. The summed E-state index contributed by atoms with van der Waals surface area (Å²) in [5, 5.41) is 0. The lowest BCUT2D eigenvalue weighted by Crippen LogP contribution is -2.12. The Morgan fingerprint density at radius 1 is 1.14 bits per heavy atom. The molecule has 0 aromatic heterocycles. The molecule has 0 aliphatic heterocycles. The molecule has 0 atom stereocenters. The van der Waals surface area contributed by atoms with Gasteiger partial charge in [0.15, 0.2) is 0 Å². The van der Waals surface area contributed by atoms with Crippen LogP contribution in [-0.4, -0.2) is 45.3 Å². The van der Waals surface area contributed by atoms with Crippen molar-refractivity contribution in [1.82, 2.24) is 0 Å². The van der Waals surface area contributed by atoms with Gasteiger partial charge >= 0.3 is 0 Å². The molecule has 0 N–H and O–H groups in total. The highest BCUT2D eigenvalue weighted by Gasteiger charge is 1.93. The number of nitrogens with zero attached hydrogens (tertiary/aromatic N) is 1. The first kappa shape index (κ1) is 13.3. The maximum absolute atomic E-state index is 9.62. The van der Waals surface area contributed by atoms with E-state index in [4.69, 9.17) is 14.2 Å². The highest BCUT2D eigenvalue weighted by atomic mass is 16.5. The monoisotopic (exact) mass is 203 g/mol. The third-order valence-corrected chi connectivity index (χ3v) is 1.27. The average Bonchev–Trinajstić information content (AvgIpc) is 2.15. The summed E-state index contributed by atoms with van der Waals surface area (Å²) >= 11 is 0. The van der Waals surface area contributed by atoms with Gasteiger partial charge in [-0.05, 0) is 13.8 Å². The fraction of sp³-hybridized carbons (Fsp3) is 0.889. The molecule has 0 fully saturated rings. The molecule has 0 radical (unpaired) electrons. The van der Waals surface area contributed by atoms with Gasteiger partial charge in [-0.15, -0.1) is 0 Å². The van der Waals surface area contributed by atoms with Gasteiger partial charge in [0, 0.05) is 0 Å². The topological polar surface area (TPSA) is 57.1 Å². The van der Waals surface area contributed by atoms with E-state index in [9.17, 15) is 4.79 Å². The minimum absolute atomic E-state index is 0.0509. The van der Waals surface area contributed by atoms with Crippen molar-refractivity contribution < 1.29 is 19.0 Å². The molecule has 0 heterocycles. The zero-order valence-corrected chi connectivity index (χ0v) is 8.69. The molecule has 0 aliphatic carbocycles. The lowest BCUT2D eigenvalue weighted by atomic mass is 10.5. The van der Waals surface area contributed by atoms with E-state index >= 15 is 0 Å². The molecule has 82 valence electrons. The largest absolute Gasteiger partial charge is 0.377 e. The van der Waals surface area contributed by atoms with Crippen LogP contribution in [0.1, 0.15) is 13.8 Å². The Morgan fingerprint density at radius 2 is 1.79 bits per heavy atom. The lowest BCUT2D eigenvalue weighted by Gasteiger charge is -2.07. The van der Waals surface area contributed by atoms with Gasteiger partial charge in [-0.1, -0.05) is 0 Å². The smallest absolute Gasteiger partial charge is 0.237 e. The molecule has 0 aromatic rings. The summed E-state index contributed by atoms with van der Waals surface area (Å²) in [5.41, 5.74) is 0. The van der Waals surface area contributed by atoms with Crippen molar-refractivity contribution in [2.75, 3.05) is 33.2 Å². The quantitative estimate of drug-likeness (QED) is 0.315. The summed E-state index contributed by atoms with van der Waals surface area (Å²) in [5.74, 6) is 0. The van der Waals surface area contributed by atoms with Crippen LogP contribution in [-0.2, 0) is 19.0 Å². The van der Waals surface area contributed by atoms with E-state index in [1.165, 1.54) is 6.08 Å². The SMILES string of the molecule is CC(C)OCCOCCOCN=C=O. The Labute approximate surface area is 84.1 Å². The van der Waals surface area contributed by atoms with E-state index in [1.807, 2.05) is 13.8 Å². The number of ether oxygens (including phenoxy) is 3. The second-order valence-electron chi connectivity index (χ2n) is 2.82. The Hall–Kier alpha value is -0.740. The number of aliphatic imine (C=N–C) groups is 1. The first-order valence-electron chi connectivity index (χ1n) is 4.58. The average molecular weight is 203 g/mol. The lowest BCUT2D eigenvalue weighted by molar-refractivity contribution is -0.000491. The van der Waals surface area contributed by atoms with E-state index in [0.717, 1.165) is 0 Å². The first-order chi connectivity index (χ1) is 6.77. The third-order valence-electron chi connectivity index (χ3n) is 1.27.